The molecule has 0 aromatic carbocycles. The molecule has 0 radical (unpaired) electrons. The minimum Gasteiger partial charge on any atom is -0.299 e. The standard InChI is InChI=1S/C16H23NO/c1-11(2)12-9-15-8-6-5-7-13(15)16(12,17(3)4)10-14(15)18/h9,13H,1,5-8,10H2,2-4H3. The zero-order chi connectivity index (χ0) is 13.1. The van der Waals surface area contributed by atoms with Crippen molar-refractivity contribution in [3.63, 3.8) is 0 Å². The van der Waals surface area contributed by atoms with E-state index in [2.05, 4.69) is 38.6 Å². The van der Waals surface area contributed by atoms with Crippen molar-refractivity contribution in [2.75, 3.05) is 14.1 Å². The van der Waals surface area contributed by atoms with Crippen molar-refractivity contribution < 1.29 is 4.79 Å². The van der Waals surface area contributed by atoms with Gasteiger partial charge in [0.25, 0.3) is 0 Å². The first-order valence-corrected chi connectivity index (χ1v) is 7.05. The van der Waals surface area contributed by atoms with Gasteiger partial charge in [-0.05, 0) is 45.4 Å². The van der Waals surface area contributed by atoms with Crippen LogP contribution in [-0.4, -0.2) is 30.3 Å². The molecule has 3 unspecified atom stereocenters. The predicted molar refractivity (Wildman–Crippen MR) is 73.3 cm³/mol. The second-order valence-corrected chi connectivity index (χ2v) is 6.60. The van der Waals surface area contributed by atoms with Crippen molar-refractivity contribution in [2.24, 2.45) is 11.3 Å². The van der Waals surface area contributed by atoms with E-state index in [0.29, 0.717) is 18.1 Å². The number of likely N-dealkylation sites (N-methyl/N-ethyl adjacent to an activating group) is 1. The fourth-order valence-electron chi connectivity index (χ4n) is 4.85. The predicted octanol–water partition coefficient (Wildman–Crippen LogP) is 2.95. The number of carbonyl (C=O) groups excluding carboxylic acids is 1. The van der Waals surface area contributed by atoms with Gasteiger partial charge in [-0.25, -0.2) is 0 Å². The van der Waals surface area contributed by atoms with Crippen molar-refractivity contribution in [3.8, 4) is 0 Å². The maximum atomic E-state index is 12.6. The lowest BCUT2D eigenvalue weighted by Gasteiger charge is -2.43. The molecule has 3 aliphatic carbocycles. The van der Waals surface area contributed by atoms with Crippen LogP contribution < -0.4 is 0 Å². The maximum absolute atomic E-state index is 12.6. The number of rotatable bonds is 2. The van der Waals surface area contributed by atoms with Gasteiger partial charge in [-0.2, -0.15) is 0 Å². The fraction of sp³-hybridized carbons (Fsp3) is 0.688. The minimum absolute atomic E-state index is 0.0522. The molecule has 0 spiro atoms. The van der Waals surface area contributed by atoms with E-state index < -0.39 is 0 Å². The van der Waals surface area contributed by atoms with Crippen molar-refractivity contribution in [3.05, 3.63) is 23.8 Å². The lowest BCUT2D eigenvalue weighted by Crippen LogP contribution is -2.49. The van der Waals surface area contributed by atoms with E-state index in [4.69, 9.17) is 0 Å². The van der Waals surface area contributed by atoms with Gasteiger partial charge in [0.15, 0.2) is 0 Å². The Morgan fingerprint density at radius 1 is 1.44 bits per heavy atom. The summed E-state index contributed by atoms with van der Waals surface area (Å²) in [4.78, 5) is 14.9. The molecule has 98 valence electrons. The molecule has 0 aliphatic heterocycles. The monoisotopic (exact) mass is 245 g/mol. The first-order valence-electron chi connectivity index (χ1n) is 7.05. The molecule has 0 aromatic heterocycles. The third-order valence-corrected chi connectivity index (χ3v) is 5.61. The Kier molecular flexibility index (Phi) is 2.41. The van der Waals surface area contributed by atoms with Gasteiger partial charge in [-0.3, -0.25) is 9.69 Å². The van der Waals surface area contributed by atoms with Crippen LogP contribution in [0.5, 0.6) is 0 Å². The van der Waals surface area contributed by atoms with Gasteiger partial charge in [-0.15, -0.1) is 0 Å². The summed E-state index contributed by atoms with van der Waals surface area (Å²) in [6.45, 7) is 6.24. The molecule has 18 heavy (non-hydrogen) atoms. The van der Waals surface area contributed by atoms with Crippen LogP contribution >= 0.6 is 0 Å². The minimum atomic E-state index is -0.142. The van der Waals surface area contributed by atoms with E-state index in [1.54, 1.807) is 0 Å². The number of carbonyl (C=O) groups is 1. The molecule has 3 atom stereocenters. The van der Waals surface area contributed by atoms with Crippen LogP contribution in [-0.2, 0) is 4.79 Å². The average Bonchev–Trinajstić information content (AvgIpc) is 2.75. The molecule has 3 rings (SSSR count). The SMILES string of the molecule is C=C(C)C1=CC23CCCCC2C1(N(C)C)CC3=O. The highest BCUT2D eigenvalue weighted by atomic mass is 16.1. The highest BCUT2D eigenvalue weighted by Crippen LogP contribution is 2.65. The molecule has 0 N–H and O–H groups in total. The quantitative estimate of drug-likeness (QED) is 0.745. The molecule has 3 aliphatic rings. The summed E-state index contributed by atoms with van der Waals surface area (Å²) in [6.07, 6.45) is 7.72. The number of allylic oxidation sites excluding steroid dienone is 1. The molecular weight excluding hydrogens is 222 g/mol. The normalized spacial score (nSPS) is 42.1. The molecule has 2 fully saturated rings. The topological polar surface area (TPSA) is 20.3 Å². The number of Topliss-reactive ketones (excluding diaryl/α,β-unsaturated/α-hetero) is 1. The fourth-order valence-corrected chi connectivity index (χ4v) is 4.85. The Morgan fingerprint density at radius 3 is 2.78 bits per heavy atom. The highest BCUT2D eigenvalue weighted by Gasteiger charge is 2.68. The summed E-state index contributed by atoms with van der Waals surface area (Å²) < 4.78 is 0. The average molecular weight is 245 g/mol. The largest absolute Gasteiger partial charge is 0.299 e. The number of ketones is 1. The van der Waals surface area contributed by atoms with E-state index >= 15 is 0 Å². The van der Waals surface area contributed by atoms with Gasteiger partial charge in [0.05, 0.1) is 11.0 Å². The van der Waals surface area contributed by atoms with E-state index in [-0.39, 0.29) is 11.0 Å². The summed E-state index contributed by atoms with van der Waals surface area (Å²) in [7, 11) is 4.25. The highest BCUT2D eigenvalue weighted by molar-refractivity contribution is 5.95. The van der Waals surface area contributed by atoms with E-state index in [9.17, 15) is 4.79 Å². The lowest BCUT2D eigenvalue weighted by atomic mass is 9.68. The number of hydrogen-bond donors (Lipinski definition) is 0. The maximum Gasteiger partial charge on any atom is 0.145 e. The Balaban J connectivity index is 2.20. The summed E-state index contributed by atoms with van der Waals surface area (Å²) in [5.74, 6) is 0.971. The van der Waals surface area contributed by atoms with Gasteiger partial charge in [-0.1, -0.05) is 31.1 Å². The third kappa shape index (κ3) is 1.15. The molecule has 0 saturated heterocycles. The lowest BCUT2D eigenvalue weighted by molar-refractivity contribution is -0.125. The summed E-state index contributed by atoms with van der Waals surface area (Å²) in [6, 6.07) is 0. The van der Waals surface area contributed by atoms with Crippen LogP contribution in [0.25, 0.3) is 0 Å². The van der Waals surface area contributed by atoms with Crippen LogP contribution in [0.4, 0.5) is 0 Å². The first kappa shape index (κ1) is 12.2. The molecule has 2 saturated carbocycles. The van der Waals surface area contributed by atoms with Crippen molar-refractivity contribution in [2.45, 2.75) is 44.6 Å². The zero-order valence-electron chi connectivity index (χ0n) is 11.8. The van der Waals surface area contributed by atoms with Gasteiger partial charge >= 0.3 is 0 Å². The smallest absolute Gasteiger partial charge is 0.145 e. The third-order valence-electron chi connectivity index (χ3n) is 5.61. The van der Waals surface area contributed by atoms with Crippen LogP contribution in [0, 0.1) is 11.3 Å². The molecule has 0 heterocycles. The van der Waals surface area contributed by atoms with Gasteiger partial charge < -0.3 is 0 Å². The zero-order valence-corrected chi connectivity index (χ0v) is 11.8. The van der Waals surface area contributed by atoms with Gasteiger partial charge in [0.2, 0.25) is 0 Å². The Bertz CT molecular complexity index is 462. The summed E-state index contributed by atoms with van der Waals surface area (Å²) in [5.41, 5.74) is 2.30. The van der Waals surface area contributed by atoms with E-state index in [1.807, 2.05) is 0 Å². The first-order chi connectivity index (χ1) is 8.45. The molecule has 0 aromatic rings. The van der Waals surface area contributed by atoms with Crippen LogP contribution in [0.15, 0.2) is 23.8 Å². The van der Waals surface area contributed by atoms with Crippen LogP contribution in [0.2, 0.25) is 0 Å². The number of nitrogens with zero attached hydrogens (tertiary/aromatic N) is 1. The molecular formula is C16H23NO. The van der Waals surface area contributed by atoms with E-state index in [1.165, 1.54) is 24.8 Å². The second-order valence-electron chi connectivity index (χ2n) is 6.60. The Hall–Kier alpha value is -0.890. The molecule has 2 nitrogen and oxygen atoms in total. The van der Waals surface area contributed by atoms with Crippen molar-refractivity contribution in [1.82, 2.24) is 4.90 Å². The molecule has 2 bridgehead atoms. The second kappa shape index (κ2) is 3.57. The van der Waals surface area contributed by atoms with E-state index in [0.717, 1.165) is 12.0 Å². The summed E-state index contributed by atoms with van der Waals surface area (Å²) >= 11 is 0. The van der Waals surface area contributed by atoms with Crippen molar-refractivity contribution >= 4 is 5.78 Å². The number of hydrogen-bond acceptors (Lipinski definition) is 2. The Labute approximate surface area is 110 Å². The van der Waals surface area contributed by atoms with Crippen molar-refractivity contribution in [1.29, 1.82) is 0 Å². The van der Waals surface area contributed by atoms with Gasteiger partial charge in [0, 0.05) is 6.42 Å². The van der Waals surface area contributed by atoms with Crippen LogP contribution in [0.3, 0.4) is 0 Å². The molecule has 0 amide bonds. The summed E-state index contributed by atoms with van der Waals surface area (Å²) in [5, 5.41) is 0. The van der Waals surface area contributed by atoms with Crippen LogP contribution in [0.1, 0.15) is 39.0 Å². The van der Waals surface area contributed by atoms with Gasteiger partial charge in [0.1, 0.15) is 5.78 Å². The molecule has 2 heteroatoms. The Morgan fingerprint density at radius 2 is 2.17 bits per heavy atom.